The van der Waals surface area contributed by atoms with Crippen LogP contribution in [0.4, 0.5) is 0 Å². The maximum atomic E-state index is 8.64. The number of rotatable bonds is 4. The predicted molar refractivity (Wildman–Crippen MR) is 59.3 cm³/mol. The van der Waals surface area contributed by atoms with Crippen molar-refractivity contribution in [2.75, 3.05) is 0 Å². The third kappa shape index (κ3) is 2.53. The summed E-state index contributed by atoms with van der Waals surface area (Å²) in [4.78, 5) is 0. The van der Waals surface area contributed by atoms with Gasteiger partial charge in [0.1, 0.15) is 6.07 Å². The van der Waals surface area contributed by atoms with Crippen molar-refractivity contribution in [3.05, 3.63) is 23.5 Å². The lowest BCUT2D eigenvalue weighted by Crippen LogP contribution is -2.22. The highest BCUT2D eigenvalue weighted by molar-refractivity contribution is 5.22. The quantitative estimate of drug-likeness (QED) is 0.756. The average molecular weight is 203 g/mol. The third-order valence-electron chi connectivity index (χ3n) is 2.98. The second kappa shape index (κ2) is 4.88. The summed E-state index contributed by atoms with van der Waals surface area (Å²) >= 11 is 0. The average Bonchev–Trinajstić information content (AvgIpc) is 2.29. The summed E-state index contributed by atoms with van der Waals surface area (Å²) in [6, 6.07) is 5.65. The van der Waals surface area contributed by atoms with E-state index in [1.54, 1.807) is 6.07 Å². The molecule has 0 fully saturated rings. The zero-order valence-electron chi connectivity index (χ0n) is 9.62. The van der Waals surface area contributed by atoms with Crippen LogP contribution in [0, 0.1) is 11.3 Å². The molecule has 0 amide bonds. The zero-order chi connectivity index (χ0) is 11.3. The molecule has 1 heterocycles. The van der Waals surface area contributed by atoms with Gasteiger partial charge in [-0.15, -0.1) is 5.10 Å². The molecule has 0 aliphatic rings. The molecule has 1 rings (SSSR count). The standard InChI is InChI=1S/C12H17N3/c1-4-8-12(3,5-2)11-7-6-10(9-13)14-15-11/h6-7H,4-5,8H2,1-3H3. The minimum atomic E-state index is 0.0930. The largest absolute Gasteiger partial charge is 0.191 e. The molecule has 0 saturated carbocycles. The van der Waals surface area contributed by atoms with E-state index in [-0.39, 0.29) is 5.41 Å². The van der Waals surface area contributed by atoms with Crippen LogP contribution in [-0.2, 0) is 5.41 Å². The Morgan fingerprint density at radius 1 is 1.33 bits per heavy atom. The van der Waals surface area contributed by atoms with Gasteiger partial charge in [-0.25, -0.2) is 0 Å². The van der Waals surface area contributed by atoms with Gasteiger partial charge in [-0.3, -0.25) is 0 Å². The first-order chi connectivity index (χ1) is 7.16. The van der Waals surface area contributed by atoms with Crippen LogP contribution in [0.3, 0.4) is 0 Å². The van der Waals surface area contributed by atoms with Crippen LogP contribution in [0.2, 0.25) is 0 Å². The van der Waals surface area contributed by atoms with E-state index in [1.165, 1.54) is 0 Å². The topological polar surface area (TPSA) is 49.6 Å². The Labute approximate surface area is 91.2 Å². The molecule has 0 saturated heterocycles. The fraction of sp³-hybridized carbons (Fsp3) is 0.583. The highest BCUT2D eigenvalue weighted by Gasteiger charge is 2.25. The molecule has 15 heavy (non-hydrogen) atoms. The SMILES string of the molecule is CCCC(C)(CC)c1ccc(C#N)nn1. The van der Waals surface area contributed by atoms with Gasteiger partial charge in [0.15, 0.2) is 5.69 Å². The normalized spacial score (nSPS) is 14.3. The van der Waals surface area contributed by atoms with Crippen molar-refractivity contribution >= 4 is 0 Å². The highest BCUT2D eigenvalue weighted by Crippen LogP contribution is 2.30. The molecule has 1 unspecified atom stereocenters. The third-order valence-corrected chi connectivity index (χ3v) is 2.98. The summed E-state index contributed by atoms with van der Waals surface area (Å²) in [5, 5.41) is 16.7. The number of aromatic nitrogens is 2. The summed E-state index contributed by atoms with van der Waals surface area (Å²) in [6.45, 7) is 6.53. The van der Waals surface area contributed by atoms with Gasteiger partial charge in [0, 0.05) is 5.41 Å². The zero-order valence-corrected chi connectivity index (χ0v) is 9.62. The van der Waals surface area contributed by atoms with Crippen molar-refractivity contribution < 1.29 is 0 Å². The number of hydrogen-bond acceptors (Lipinski definition) is 3. The second-order valence-corrected chi connectivity index (χ2v) is 4.08. The Hall–Kier alpha value is -1.43. The molecule has 3 nitrogen and oxygen atoms in total. The number of nitrogens with zero attached hydrogens (tertiary/aromatic N) is 3. The van der Waals surface area contributed by atoms with Gasteiger partial charge < -0.3 is 0 Å². The first-order valence-corrected chi connectivity index (χ1v) is 5.40. The van der Waals surface area contributed by atoms with Crippen LogP contribution < -0.4 is 0 Å². The van der Waals surface area contributed by atoms with Crippen molar-refractivity contribution in [1.82, 2.24) is 10.2 Å². The predicted octanol–water partition coefficient (Wildman–Crippen LogP) is 2.82. The van der Waals surface area contributed by atoms with E-state index in [2.05, 4.69) is 31.0 Å². The van der Waals surface area contributed by atoms with Gasteiger partial charge in [0.25, 0.3) is 0 Å². The van der Waals surface area contributed by atoms with Gasteiger partial charge in [-0.1, -0.05) is 27.2 Å². The molecule has 0 bridgehead atoms. The van der Waals surface area contributed by atoms with E-state index < -0.39 is 0 Å². The van der Waals surface area contributed by atoms with E-state index in [0.29, 0.717) is 5.69 Å². The van der Waals surface area contributed by atoms with Gasteiger partial charge in [-0.2, -0.15) is 10.4 Å². The van der Waals surface area contributed by atoms with Crippen LogP contribution in [0.15, 0.2) is 12.1 Å². The van der Waals surface area contributed by atoms with Crippen molar-refractivity contribution in [3.8, 4) is 6.07 Å². The molecule has 0 aromatic carbocycles. The molecule has 0 N–H and O–H groups in total. The summed E-state index contributed by atoms with van der Waals surface area (Å²) in [5.74, 6) is 0. The highest BCUT2D eigenvalue weighted by atomic mass is 15.1. The Bertz CT molecular complexity index is 350. The van der Waals surface area contributed by atoms with Gasteiger partial charge in [-0.05, 0) is 25.0 Å². The first kappa shape index (κ1) is 11.6. The smallest absolute Gasteiger partial charge is 0.163 e. The molecule has 1 aromatic rings. The minimum absolute atomic E-state index is 0.0930. The van der Waals surface area contributed by atoms with Crippen molar-refractivity contribution in [3.63, 3.8) is 0 Å². The fourth-order valence-corrected chi connectivity index (χ4v) is 1.75. The van der Waals surface area contributed by atoms with Gasteiger partial charge in [0.2, 0.25) is 0 Å². The molecular weight excluding hydrogens is 186 g/mol. The van der Waals surface area contributed by atoms with E-state index in [4.69, 9.17) is 5.26 Å². The fourth-order valence-electron chi connectivity index (χ4n) is 1.75. The van der Waals surface area contributed by atoms with Crippen molar-refractivity contribution in [2.45, 2.75) is 45.4 Å². The van der Waals surface area contributed by atoms with Crippen LogP contribution in [0.5, 0.6) is 0 Å². The van der Waals surface area contributed by atoms with Crippen LogP contribution >= 0.6 is 0 Å². The number of hydrogen-bond donors (Lipinski definition) is 0. The van der Waals surface area contributed by atoms with Gasteiger partial charge in [0.05, 0.1) is 5.69 Å². The van der Waals surface area contributed by atoms with E-state index >= 15 is 0 Å². The summed E-state index contributed by atoms with van der Waals surface area (Å²) in [5.41, 5.74) is 1.47. The molecule has 0 spiro atoms. The second-order valence-electron chi connectivity index (χ2n) is 4.08. The summed E-state index contributed by atoms with van der Waals surface area (Å²) in [6.07, 6.45) is 3.28. The molecule has 0 aliphatic heterocycles. The monoisotopic (exact) mass is 203 g/mol. The van der Waals surface area contributed by atoms with Crippen molar-refractivity contribution in [2.24, 2.45) is 0 Å². The maximum Gasteiger partial charge on any atom is 0.163 e. The van der Waals surface area contributed by atoms with E-state index in [0.717, 1.165) is 25.0 Å². The molecular formula is C12H17N3. The molecule has 3 heteroatoms. The van der Waals surface area contributed by atoms with Crippen LogP contribution in [0.1, 0.15) is 51.4 Å². The lowest BCUT2D eigenvalue weighted by atomic mass is 9.80. The molecule has 1 atom stereocenters. The molecule has 80 valence electrons. The Kier molecular flexibility index (Phi) is 3.79. The Morgan fingerprint density at radius 2 is 2.07 bits per heavy atom. The van der Waals surface area contributed by atoms with E-state index in [9.17, 15) is 0 Å². The first-order valence-electron chi connectivity index (χ1n) is 5.40. The lowest BCUT2D eigenvalue weighted by Gasteiger charge is -2.26. The maximum absolute atomic E-state index is 8.64. The van der Waals surface area contributed by atoms with Gasteiger partial charge >= 0.3 is 0 Å². The summed E-state index contributed by atoms with van der Waals surface area (Å²) in [7, 11) is 0. The molecule has 1 aromatic heterocycles. The Balaban J connectivity index is 2.98. The van der Waals surface area contributed by atoms with Crippen molar-refractivity contribution in [1.29, 1.82) is 5.26 Å². The minimum Gasteiger partial charge on any atom is -0.191 e. The van der Waals surface area contributed by atoms with E-state index in [1.807, 2.05) is 12.1 Å². The number of nitriles is 1. The van der Waals surface area contributed by atoms with Crippen LogP contribution in [-0.4, -0.2) is 10.2 Å². The molecule has 0 radical (unpaired) electrons. The van der Waals surface area contributed by atoms with Crippen LogP contribution in [0.25, 0.3) is 0 Å². The molecule has 0 aliphatic carbocycles. The summed E-state index contributed by atoms with van der Waals surface area (Å²) < 4.78 is 0. The lowest BCUT2D eigenvalue weighted by molar-refractivity contribution is 0.398. The Morgan fingerprint density at radius 3 is 2.47 bits per heavy atom.